The van der Waals surface area contributed by atoms with Gasteiger partial charge in [-0.25, -0.2) is 0 Å². The SMILES string of the molecule is CCN1CCN(C(C)C(=O)N(C)CC2COc3ccccc3O2)CC1. The molecule has 1 amide bonds. The van der Waals surface area contributed by atoms with Crippen molar-refractivity contribution in [2.45, 2.75) is 26.0 Å². The lowest BCUT2D eigenvalue weighted by Gasteiger charge is -2.38. The predicted molar refractivity (Wildman–Crippen MR) is 97.1 cm³/mol. The van der Waals surface area contributed by atoms with Crippen molar-refractivity contribution in [1.29, 1.82) is 0 Å². The van der Waals surface area contributed by atoms with E-state index in [9.17, 15) is 4.79 Å². The van der Waals surface area contributed by atoms with Crippen molar-refractivity contribution in [2.24, 2.45) is 0 Å². The summed E-state index contributed by atoms with van der Waals surface area (Å²) in [6, 6.07) is 7.56. The number of piperazine rings is 1. The summed E-state index contributed by atoms with van der Waals surface area (Å²) in [6.45, 7) is 10.2. The molecule has 0 bridgehead atoms. The number of amides is 1. The van der Waals surface area contributed by atoms with E-state index in [-0.39, 0.29) is 18.1 Å². The molecule has 1 aromatic carbocycles. The van der Waals surface area contributed by atoms with E-state index >= 15 is 0 Å². The Hall–Kier alpha value is -1.79. The second kappa shape index (κ2) is 8.06. The molecule has 0 N–H and O–H groups in total. The van der Waals surface area contributed by atoms with E-state index < -0.39 is 0 Å². The summed E-state index contributed by atoms with van der Waals surface area (Å²) in [5.74, 6) is 1.67. The number of carbonyl (C=O) groups excluding carboxylic acids is 1. The van der Waals surface area contributed by atoms with Crippen molar-refractivity contribution in [3.05, 3.63) is 24.3 Å². The first-order valence-corrected chi connectivity index (χ1v) is 9.18. The van der Waals surface area contributed by atoms with Crippen molar-refractivity contribution in [2.75, 3.05) is 52.9 Å². The highest BCUT2D eigenvalue weighted by atomic mass is 16.6. The van der Waals surface area contributed by atoms with E-state index in [0.717, 1.165) is 44.2 Å². The van der Waals surface area contributed by atoms with Crippen LogP contribution in [0.1, 0.15) is 13.8 Å². The Morgan fingerprint density at radius 3 is 2.60 bits per heavy atom. The minimum absolute atomic E-state index is 0.0965. The highest BCUT2D eigenvalue weighted by molar-refractivity contribution is 5.81. The van der Waals surface area contributed by atoms with Crippen LogP contribution >= 0.6 is 0 Å². The number of nitrogens with zero attached hydrogens (tertiary/aromatic N) is 3. The van der Waals surface area contributed by atoms with Gasteiger partial charge in [0.1, 0.15) is 6.61 Å². The molecule has 0 saturated carbocycles. The van der Waals surface area contributed by atoms with Crippen LogP contribution in [0.5, 0.6) is 11.5 Å². The van der Waals surface area contributed by atoms with Crippen molar-refractivity contribution < 1.29 is 14.3 Å². The van der Waals surface area contributed by atoms with Crippen LogP contribution in [0.2, 0.25) is 0 Å². The molecule has 1 aromatic rings. The molecule has 2 heterocycles. The zero-order valence-corrected chi connectivity index (χ0v) is 15.5. The summed E-state index contributed by atoms with van der Waals surface area (Å²) in [5.41, 5.74) is 0. The molecule has 0 radical (unpaired) electrons. The van der Waals surface area contributed by atoms with E-state index in [1.54, 1.807) is 4.90 Å². The normalized spacial score (nSPS) is 22.4. The topological polar surface area (TPSA) is 45.2 Å². The molecule has 0 aliphatic carbocycles. The van der Waals surface area contributed by atoms with E-state index in [1.807, 2.05) is 38.2 Å². The molecule has 138 valence electrons. The number of hydrogen-bond acceptors (Lipinski definition) is 5. The maximum atomic E-state index is 12.8. The van der Waals surface area contributed by atoms with Gasteiger partial charge < -0.3 is 19.3 Å². The Kier molecular flexibility index (Phi) is 5.81. The summed E-state index contributed by atoms with van der Waals surface area (Å²) in [4.78, 5) is 19.3. The molecule has 25 heavy (non-hydrogen) atoms. The van der Waals surface area contributed by atoms with E-state index in [2.05, 4.69) is 16.7 Å². The average Bonchev–Trinajstić information content (AvgIpc) is 2.66. The van der Waals surface area contributed by atoms with E-state index in [0.29, 0.717) is 13.2 Å². The molecule has 2 unspecified atom stereocenters. The lowest BCUT2D eigenvalue weighted by Crippen LogP contribution is -2.55. The van der Waals surface area contributed by atoms with Crippen LogP contribution in [0, 0.1) is 0 Å². The molecule has 0 spiro atoms. The molecule has 2 aliphatic heterocycles. The zero-order chi connectivity index (χ0) is 17.8. The van der Waals surface area contributed by atoms with Crippen LogP contribution in [0.4, 0.5) is 0 Å². The zero-order valence-electron chi connectivity index (χ0n) is 15.5. The summed E-state index contributed by atoms with van der Waals surface area (Å²) in [6.07, 6.45) is -0.131. The summed E-state index contributed by atoms with van der Waals surface area (Å²) >= 11 is 0. The van der Waals surface area contributed by atoms with Gasteiger partial charge in [-0.1, -0.05) is 19.1 Å². The van der Waals surface area contributed by atoms with E-state index in [1.165, 1.54) is 0 Å². The van der Waals surface area contributed by atoms with Gasteiger partial charge in [-0.15, -0.1) is 0 Å². The van der Waals surface area contributed by atoms with Crippen LogP contribution in [-0.2, 0) is 4.79 Å². The molecule has 2 atom stereocenters. The molecular weight excluding hydrogens is 318 g/mol. The molecule has 6 heteroatoms. The lowest BCUT2D eigenvalue weighted by molar-refractivity contribution is -0.137. The van der Waals surface area contributed by atoms with Gasteiger partial charge in [-0.05, 0) is 25.6 Å². The van der Waals surface area contributed by atoms with Gasteiger partial charge in [0.2, 0.25) is 5.91 Å². The van der Waals surface area contributed by atoms with Gasteiger partial charge in [0.15, 0.2) is 17.6 Å². The molecule has 1 saturated heterocycles. The quantitative estimate of drug-likeness (QED) is 0.804. The third-order valence-electron chi connectivity index (χ3n) is 5.18. The first-order chi connectivity index (χ1) is 12.1. The van der Waals surface area contributed by atoms with Crippen molar-refractivity contribution in [3.63, 3.8) is 0 Å². The van der Waals surface area contributed by atoms with Gasteiger partial charge in [0.05, 0.1) is 12.6 Å². The Morgan fingerprint density at radius 1 is 1.24 bits per heavy atom. The summed E-state index contributed by atoms with van der Waals surface area (Å²) < 4.78 is 11.7. The van der Waals surface area contributed by atoms with Gasteiger partial charge in [0.25, 0.3) is 0 Å². The Morgan fingerprint density at radius 2 is 1.92 bits per heavy atom. The highest BCUT2D eigenvalue weighted by Gasteiger charge is 2.29. The summed E-state index contributed by atoms with van der Waals surface area (Å²) in [5, 5.41) is 0. The van der Waals surface area contributed by atoms with Crippen LogP contribution in [0.3, 0.4) is 0 Å². The number of rotatable bonds is 5. The molecule has 2 aliphatic rings. The van der Waals surface area contributed by atoms with Crippen LogP contribution in [-0.4, -0.2) is 85.7 Å². The monoisotopic (exact) mass is 347 g/mol. The van der Waals surface area contributed by atoms with E-state index in [4.69, 9.17) is 9.47 Å². The number of fused-ring (bicyclic) bond motifs is 1. The molecular formula is C19H29N3O3. The third kappa shape index (κ3) is 4.25. The first kappa shape index (κ1) is 18.0. The summed E-state index contributed by atoms with van der Waals surface area (Å²) in [7, 11) is 1.85. The second-order valence-corrected chi connectivity index (χ2v) is 6.86. The van der Waals surface area contributed by atoms with Gasteiger partial charge >= 0.3 is 0 Å². The fourth-order valence-electron chi connectivity index (χ4n) is 3.49. The Bertz CT molecular complexity index is 587. The lowest BCUT2D eigenvalue weighted by atomic mass is 10.2. The smallest absolute Gasteiger partial charge is 0.239 e. The molecule has 1 fully saturated rings. The first-order valence-electron chi connectivity index (χ1n) is 9.18. The Balaban J connectivity index is 1.51. The van der Waals surface area contributed by atoms with Gasteiger partial charge in [-0.3, -0.25) is 9.69 Å². The fourth-order valence-corrected chi connectivity index (χ4v) is 3.49. The molecule has 3 rings (SSSR count). The average molecular weight is 347 g/mol. The number of likely N-dealkylation sites (N-methyl/N-ethyl adjacent to an activating group) is 2. The molecule has 6 nitrogen and oxygen atoms in total. The minimum Gasteiger partial charge on any atom is -0.486 e. The van der Waals surface area contributed by atoms with Crippen molar-refractivity contribution in [3.8, 4) is 11.5 Å². The largest absolute Gasteiger partial charge is 0.486 e. The predicted octanol–water partition coefficient (Wildman–Crippen LogP) is 1.31. The van der Waals surface area contributed by atoms with Crippen molar-refractivity contribution >= 4 is 5.91 Å². The minimum atomic E-state index is -0.131. The van der Waals surface area contributed by atoms with Crippen LogP contribution in [0.25, 0.3) is 0 Å². The van der Waals surface area contributed by atoms with Crippen LogP contribution < -0.4 is 9.47 Å². The molecule has 0 aromatic heterocycles. The third-order valence-corrected chi connectivity index (χ3v) is 5.18. The van der Waals surface area contributed by atoms with Gasteiger partial charge in [0, 0.05) is 33.2 Å². The number of carbonyl (C=O) groups is 1. The van der Waals surface area contributed by atoms with Gasteiger partial charge in [-0.2, -0.15) is 0 Å². The maximum Gasteiger partial charge on any atom is 0.239 e. The van der Waals surface area contributed by atoms with Crippen LogP contribution in [0.15, 0.2) is 24.3 Å². The van der Waals surface area contributed by atoms with Crippen molar-refractivity contribution in [1.82, 2.24) is 14.7 Å². The fraction of sp³-hybridized carbons (Fsp3) is 0.632. The highest BCUT2D eigenvalue weighted by Crippen LogP contribution is 2.31. The number of benzene rings is 1. The maximum absolute atomic E-state index is 12.8. The number of para-hydroxylation sites is 2. The standard InChI is InChI=1S/C19H29N3O3/c1-4-21-9-11-22(12-10-21)15(2)19(23)20(3)13-16-14-24-17-7-5-6-8-18(17)25-16/h5-8,15-16H,4,9-14H2,1-3H3. The Labute approximate surface area is 150 Å². The second-order valence-electron chi connectivity index (χ2n) is 6.86. The number of ether oxygens (including phenoxy) is 2. The number of hydrogen-bond donors (Lipinski definition) is 0.